The van der Waals surface area contributed by atoms with Crippen molar-refractivity contribution in [2.24, 2.45) is 11.8 Å². The van der Waals surface area contributed by atoms with Gasteiger partial charge in [0.25, 0.3) is 0 Å². The molecule has 2 N–H and O–H groups in total. The van der Waals surface area contributed by atoms with Gasteiger partial charge in [0, 0.05) is 17.7 Å². The third-order valence-corrected chi connectivity index (χ3v) is 5.96. The molecule has 1 fully saturated rings. The Morgan fingerprint density at radius 3 is 2.71 bits per heavy atom. The van der Waals surface area contributed by atoms with Crippen molar-refractivity contribution in [3.05, 3.63) is 42.0 Å². The van der Waals surface area contributed by atoms with E-state index in [1.54, 1.807) is 0 Å². The van der Waals surface area contributed by atoms with Gasteiger partial charge in [-0.3, -0.25) is 4.79 Å². The molecule has 1 saturated carbocycles. The van der Waals surface area contributed by atoms with Crippen LogP contribution in [0.3, 0.4) is 0 Å². The third-order valence-electron chi connectivity index (χ3n) is 5.45. The molecule has 0 amide bonds. The molecule has 0 spiro atoms. The Hall–Kier alpha value is -1.52. The number of aliphatic hydroxyl groups is 1. The van der Waals surface area contributed by atoms with Crippen LogP contribution in [0.2, 0.25) is 0 Å². The summed E-state index contributed by atoms with van der Waals surface area (Å²) >= 11 is 6.49. The predicted molar refractivity (Wildman–Crippen MR) is 113 cm³/mol. The second-order valence-electron chi connectivity index (χ2n) is 8.73. The van der Waals surface area contributed by atoms with E-state index in [2.05, 4.69) is 39.0 Å². The summed E-state index contributed by atoms with van der Waals surface area (Å²) in [7, 11) is 0. The topological polar surface area (TPSA) is 66.8 Å². The number of alkyl halides is 1. The van der Waals surface area contributed by atoms with Gasteiger partial charge in [0.15, 0.2) is 0 Å². The Labute approximate surface area is 173 Å². The minimum Gasteiger partial charge on any atom is -0.493 e. The van der Waals surface area contributed by atoms with Crippen LogP contribution < -0.4 is 4.74 Å². The van der Waals surface area contributed by atoms with Crippen LogP contribution in [0.4, 0.5) is 0 Å². The maximum Gasteiger partial charge on any atom is 0.303 e. The number of unbranched alkanes of at least 4 members (excludes halogenated alkanes) is 1. The standard InChI is InChI=1S/C23H33ClO4/c1-23(2,3)16-9-8-10-17(13-16)28-15-19-18(20(24)14-21(19)25)11-6-4-5-7-12-22(26)27/h4,6,8-10,13,18-21,25H,5,7,11-12,14-15H2,1-3H3,(H,26,27)/t18-,19-,20-,21-/m1/s1. The van der Waals surface area contributed by atoms with Crippen molar-refractivity contribution in [2.75, 3.05) is 6.61 Å². The molecule has 4 atom stereocenters. The fourth-order valence-corrected chi connectivity index (χ4v) is 4.15. The number of carbonyl (C=O) groups is 1. The van der Waals surface area contributed by atoms with Gasteiger partial charge in [0.2, 0.25) is 0 Å². The molecule has 28 heavy (non-hydrogen) atoms. The molecule has 2 rings (SSSR count). The van der Waals surface area contributed by atoms with Crippen LogP contribution in [0.1, 0.15) is 58.4 Å². The summed E-state index contributed by atoms with van der Waals surface area (Å²) in [5, 5.41) is 19.0. The van der Waals surface area contributed by atoms with Gasteiger partial charge in [0.1, 0.15) is 5.75 Å². The molecule has 156 valence electrons. The molecule has 1 aliphatic rings. The molecule has 1 aromatic rings. The zero-order valence-corrected chi connectivity index (χ0v) is 17.9. The van der Waals surface area contributed by atoms with Crippen LogP contribution in [0, 0.1) is 11.8 Å². The number of benzene rings is 1. The summed E-state index contributed by atoms with van der Waals surface area (Å²) in [6.45, 7) is 6.95. The summed E-state index contributed by atoms with van der Waals surface area (Å²) in [5.74, 6) is 0.198. The number of hydrogen-bond acceptors (Lipinski definition) is 3. The fourth-order valence-electron chi connectivity index (χ4n) is 3.68. The molecule has 5 heteroatoms. The van der Waals surface area contributed by atoms with Crippen molar-refractivity contribution in [3.63, 3.8) is 0 Å². The number of aliphatic carboxylic acids is 1. The zero-order valence-electron chi connectivity index (χ0n) is 17.1. The molecule has 4 nitrogen and oxygen atoms in total. The first-order valence-electron chi connectivity index (χ1n) is 10.1. The van der Waals surface area contributed by atoms with E-state index in [4.69, 9.17) is 21.4 Å². The molecule has 0 heterocycles. The zero-order chi connectivity index (χ0) is 20.7. The van der Waals surface area contributed by atoms with E-state index in [9.17, 15) is 9.90 Å². The summed E-state index contributed by atoms with van der Waals surface area (Å²) in [4.78, 5) is 10.5. The van der Waals surface area contributed by atoms with Crippen molar-refractivity contribution >= 4 is 17.6 Å². The molecular formula is C23H33ClO4. The van der Waals surface area contributed by atoms with Crippen LogP contribution in [0.5, 0.6) is 5.75 Å². The summed E-state index contributed by atoms with van der Waals surface area (Å²) < 4.78 is 6.04. The summed E-state index contributed by atoms with van der Waals surface area (Å²) in [5.41, 5.74) is 1.27. The maximum absolute atomic E-state index is 10.5. The molecule has 0 bridgehead atoms. The highest BCUT2D eigenvalue weighted by Crippen LogP contribution is 2.39. The van der Waals surface area contributed by atoms with E-state index >= 15 is 0 Å². The van der Waals surface area contributed by atoms with Crippen LogP contribution >= 0.6 is 11.6 Å². The minimum absolute atomic E-state index is 0.00976. The smallest absolute Gasteiger partial charge is 0.303 e. The molecule has 0 saturated heterocycles. The van der Waals surface area contributed by atoms with Crippen LogP contribution in [-0.2, 0) is 10.2 Å². The average molecular weight is 409 g/mol. The van der Waals surface area contributed by atoms with Gasteiger partial charge in [-0.15, -0.1) is 11.6 Å². The summed E-state index contributed by atoms with van der Waals surface area (Å²) in [6, 6.07) is 8.12. The first-order valence-corrected chi connectivity index (χ1v) is 10.5. The monoisotopic (exact) mass is 408 g/mol. The van der Waals surface area contributed by atoms with E-state index < -0.39 is 12.1 Å². The second-order valence-corrected chi connectivity index (χ2v) is 9.29. The molecule has 1 aromatic carbocycles. The van der Waals surface area contributed by atoms with Gasteiger partial charge in [-0.2, -0.15) is 0 Å². The lowest BCUT2D eigenvalue weighted by Crippen LogP contribution is -2.27. The van der Waals surface area contributed by atoms with Crippen molar-refractivity contribution in [1.29, 1.82) is 0 Å². The molecule has 0 aliphatic heterocycles. The van der Waals surface area contributed by atoms with Gasteiger partial charge in [-0.25, -0.2) is 0 Å². The molecule has 0 unspecified atom stereocenters. The van der Waals surface area contributed by atoms with Gasteiger partial charge in [-0.1, -0.05) is 45.1 Å². The van der Waals surface area contributed by atoms with Gasteiger partial charge in [-0.05, 0) is 54.7 Å². The lowest BCUT2D eigenvalue weighted by molar-refractivity contribution is -0.137. The Kier molecular flexibility index (Phi) is 8.38. The Bertz CT molecular complexity index is 665. The SMILES string of the molecule is CC(C)(C)c1cccc(OC[C@@H]2[C@@H](CC=CCCCC(=O)O)[C@H](Cl)C[C@H]2O)c1. The number of rotatable bonds is 9. The van der Waals surface area contributed by atoms with Gasteiger partial charge in [0.05, 0.1) is 12.7 Å². The number of hydrogen-bond donors (Lipinski definition) is 2. The number of aliphatic hydroxyl groups excluding tert-OH is 1. The van der Waals surface area contributed by atoms with E-state index in [0.717, 1.165) is 18.6 Å². The quantitative estimate of drug-likeness (QED) is 0.336. The minimum atomic E-state index is -0.763. The highest BCUT2D eigenvalue weighted by molar-refractivity contribution is 6.21. The van der Waals surface area contributed by atoms with Crippen molar-refractivity contribution < 1.29 is 19.7 Å². The van der Waals surface area contributed by atoms with E-state index in [1.165, 1.54) is 5.56 Å². The lowest BCUT2D eigenvalue weighted by Gasteiger charge is -2.24. The predicted octanol–water partition coefficient (Wildman–Crippen LogP) is 5.17. The lowest BCUT2D eigenvalue weighted by atomic mass is 9.87. The van der Waals surface area contributed by atoms with Crippen LogP contribution in [-0.4, -0.2) is 34.3 Å². The third kappa shape index (κ3) is 6.82. The van der Waals surface area contributed by atoms with E-state index in [-0.39, 0.29) is 29.0 Å². The average Bonchev–Trinajstić information content (AvgIpc) is 2.88. The highest BCUT2D eigenvalue weighted by atomic mass is 35.5. The molecule has 0 radical (unpaired) electrons. The first kappa shape index (κ1) is 22.8. The summed E-state index contributed by atoms with van der Waals surface area (Å²) in [6.07, 6.45) is 6.54. The number of ether oxygens (including phenoxy) is 1. The van der Waals surface area contributed by atoms with Crippen molar-refractivity contribution in [2.45, 2.75) is 69.8 Å². The first-order chi connectivity index (χ1) is 13.2. The number of allylic oxidation sites excluding steroid dienone is 2. The fraction of sp³-hybridized carbons (Fsp3) is 0.609. The second kappa shape index (κ2) is 10.3. The maximum atomic E-state index is 10.5. The number of carboxylic acids is 1. The van der Waals surface area contributed by atoms with Crippen molar-refractivity contribution in [1.82, 2.24) is 0 Å². The number of carboxylic acid groups (broad SMARTS) is 1. The van der Waals surface area contributed by atoms with Gasteiger partial charge < -0.3 is 14.9 Å². The van der Waals surface area contributed by atoms with Gasteiger partial charge >= 0.3 is 5.97 Å². The Morgan fingerprint density at radius 2 is 2.04 bits per heavy atom. The Balaban J connectivity index is 1.91. The van der Waals surface area contributed by atoms with Crippen LogP contribution in [0.25, 0.3) is 0 Å². The van der Waals surface area contributed by atoms with E-state index in [0.29, 0.717) is 19.4 Å². The highest BCUT2D eigenvalue weighted by Gasteiger charge is 2.41. The normalized spacial score (nSPS) is 25.3. The van der Waals surface area contributed by atoms with E-state index in [1.807, 2.05) is 18.2 Å². The molecular weight excluding hydrogens is 376 g/mol. The molecule has 1 aliphatic carbocycles. The van der Waals surface area contributed by atoms with Crippen molar-refractivity contribution in [3.8, 4) is 5.75 Å². The Morgan fingerprint density at radius 1 is 1.29 bits per heavy atom. The molecule has 0 aromatic heterocycles. The largest absolute Gasteiger partial charge is 0.493 e. The van der Waals surface area contributed by atoms with Crippen LogP contribution in [0.15, 0.2) is 36.4 Å². The number of halogens is 1.